The second-order valence-corrected chi connectivity index (χ2v) is 7.93. The first-order valence-corrected chi connectivity index (χ1v) is 8.70. The molecule has 1 unspecified atom stereocenters. The second-order valence-electron chi connectivity index (χ2n) is 6.74. The van der Waals surface area contributed by atoms with E-state index in [1.165, 1.54) is 24.6 Å². The molecule has 1 saturated carbocycles. The van der Waals surface area contributed by atoms with E-state index in [0.29, 0.717) is 12.2 Å². The maximum absolute atomic E-state index is 12.5. The molecular formula is C15H26N2O2S. The topological polar surface area (TPSA) is 63.4 Å². The van der Waals surface area contributed by atoms with Crippen molar-refractivity contribution in [2.24, 2.45) is 5.73 Å². The minimum absolute atomic E-state index is 0.0224. The summed E-state index contributed by atoms with van der Waals surface area (Å²) in [5.41, 5.74) is 5.66. The molecule has 2 N–H and O–H groups in total. The molecule has 5 heteroatoms. The molecule has 0 aromatic carbocycles. The van der Waals surface area contributed by atoms with Gasteiger partial charge in [-0.3, -0.25) is 14.5 Å². The summed E-state index contributed by atoms with van der Waals surface area (Å²) >= 11 is 1.54. The molecule has 0 radical (unpaired) electrons. The molecular weight excluding hydrogens is 272 g/mol. The Labute approximate surface area is 125 Å². The molecule has 1 heterocycles. The predicted octanol–water partition coefficient (Wildman–Crippen LogP) is 2.31. The Kier molecular flexibility index (Phi) is 5.13. The first-order valence-electron chi connectivity index (χ1n) is 7.65. The van der Waals surface area contributed by atoms with Crippen LogP contribution < -0.4 is 5.73 Å². The summed E-state index contributed by atoms with van der Waals surface area (Å²) in [5, 5.41) is -0.214. The molecule has 114 valence electrons. The van der Waals surface area contributed by atoms with E-state index in [2.05, 4.69) is 0 Å². The van der Waals surface area contributed by atoms with Crippen LogP contribution in [0.15, 0.2) is 0 Å². The van der Waals surface area contributed by atoms with E-state index in [4.69, 9.17) is 5.73 Å². The van der Waals surface area contributed by atoms with Gasteiger partial charge in [0.2, 0.25) is 11.8 Å². The number of hydrogen-bond acceptors (Lipinski definition) is 4. The average molecular weight is 298 g/mol. The number of carbonyl (C=O) groups excluding carboxylic acids is 2. The second kappa shape index (κ2) is 6.48. The van der Waals surface area contributed by atoms with Crippen LogP contribution in [0.3, 0.4) is 0 Å². The van der Waals surface area contributed by atoms with Crippen molar-refractivity contribution in [2.45, 2.75) is 75.6 Å². The summed E-state index contributed by atoms with van der Waals surface area (Å²) in [5.74, 6) is 0.750. The Balaban J connectivity index is 1.97. The van der Waals surface area contributed by atoms with Crippen molar-refractivity contribution >= 4 is 23.6 Å². The number of rotatable bonds is 4. The van der Waals surface area contributed by atoms with Crippen molar-refractivity contribution in [3.8, 4) is 0 Å². The van der Waals surface area contributed by atoms with Crippen LogP contribution in [0.5, 0.6) is 0 Å². The van der Waals surface area contributed by atoms with Crippen molar-refractivity contribution in [1.82, 2.24) is 4.90 Å². The molecule has 1 aliphatic heterocycles. The number of likely N-dealkylation sites (tertiary alicyclic amines) is 1. The summed E-state index contributed by atoms with van der Waals surface area (Å²) in [6.45, 7) is 3.90. The molecule has 2 fully saturated rings. The molecule has 2 aliphatic rings. The van der Waals surface area contributed by atoms with Crippen molar-refractivity contribution in [1.29, 1.82) is 0 Å². The number of amides is 2. The average Bonchev–Trinajstić information content (AvgIpc) is 2.57. The molecule has 0 spiro atoms. The van der Waals surface area contributed by atoms with Gasteiger partial charge in [-0.15, -0.1) is 11.8 Å². The summed E-state index contributed by atoms with van der Waals surface area (Å²) in [7, 11) is 0. The fourth-order valence-corrected chi connectivity index (χ4v) is 4.11. The summed E-state index contributed by atoms with van der Waals surface area (Å²) in [6, 6.07) is 0.147. The van der Waals surface area contributed by atoms with Crippen LogP contribution in [0.4, 0.5) is 0 Å². The smallest absolute Gasteiger partial charge is 0.243 e. The van der Waals surface area contributed by atoms with Gasteiger partial charge in [0.25, 0.3) is 0 Å². The number of hydrogen-bond donors (Lipinski definition) is 1. The predicted molar refractivity (Wildman–Crippen MR) is 82.5 cm³/mol. The highest BCUT2D eigenvalue weighted by Crippen LogP contribution is 2.32. The minimum atomic E-state index is -0.302. The fraction of sp³-hybridized carbons (Fsp3) is 0.867. The summed E-state index contributed by atoms with van der Waals surface area (Å²) < 4.78 is 0. The zero-order valence-corrected chi connectivity index (χ0v) is 13.4. The van der Waals surface area contributed by atoms with Gasteiger partial charge in [-0.1, -0.05) is 25.7 Å². The first kappa shape index (κ1) is 15.8. The van der Waals surface area contributed by atoms with E-state index in [1.807, 2.05) is 13.8 Å². The van der Waals surface area contributed by atoms with Crippen molar-refractivity contribution in [3.05, 3.63) is 0 Å². The van der Waals surface area contributed by atoms with Crippen molar-refractivity contribution in [3.63, 3.8) is 0 Å². The van der Waals surface area contributed by atoms with Gasteiger partial charge in [-0.05, 0) is 26.7 Å². The lowest BCUT2D eigenvalue weighted by Crippen LogP contribution is -2.41. The van der Waals surface area contributed by atoms with Crippen molar-refractivity contribution in [2.75, 3.05) is 5.75 Å². The first-order chi connectivity index (χ1) is 9.38. The number of nitrogens with two attached hydrogens (primary N) is 1. The van der Waals surface area contributed by atoms with Gasteiger partial charge < -0.3 is 5.73 Å². The Morgan fingerprint density at radius 3 is 2.35 bits per heavy atom. The molecule has 0 aromatic rings. The maximum atomic E-state index is 12.5. The molecule has 0 bridgehead atoms. The Bertz CT molecular complexity index is 371. The van der Waals surface area contributed by atoms with E-state index < -0.39 is 0 Å². The van der Waals surface area contributed by atoms with Gasteiger partial charge in [-0.2, -0.15) is 0 Å². The van der Waals surface area contributed by atoms with Crippen LogP contribution in [-0.4, -0.2) is 39.3 Å². The van der Waals surface area contributed by atoms with Gasteiger partial charge >= 0.3 is 0 Å². The van der Waals surface area contributed by atoms with E-state index in [9.17, 15) is 9.59 Å². The minimum Gasteiger partial charge on any atom is -0.325 e. The molecule has 4 nitrogen and oxygen atoms in total. The monoisotopic (exact) mass is 298 g/mol. The number of thioether (sulfide) groups is 1. The number of imide groups is 1. The Hall–Kier alpha value is -0.550. The molecule has 1 atom stereocenters. The highest BCUT2D eigenvalue weighted by molar-refractivity contribution is 8.00. The van der Waals surface area contributed by atoms with E-state index in [1.54, 1.807) is 4.90 Å². The molecule has 2 amide bonds. The Morgan fingerprint density at radius 1 is 1.20 bits per heavy atom. The highest BCUT2D eigenvalue weighted by atomic mass is 32.2. The van der Waals surface area contributed by atoms with Crippen LogP contribution in [-0.2, 0) is 9.59 Å². The van der Waals surface area contributed by atoms with Crippen LogP contribution in [0, 0.1) is 0 Å². The molecule has 2 rings (SSSR count). The zero-order chi connectivity index (χ0) is 14.8. The quantitative estimate of drug-likeness (QED) is 0.639. The third-order valence-corrected chi connectivity index (χ3v) is 5.67. The van der Waals surface area contributed by atoms with E-state index in [-0.39, 0.29) is 28.6 Å². The number of carbonyl (C=O) groups is 2. The molecule has 0 aromatic heterocycles. The van der Waals surface area contributed by atoms with Crippen molar-refractivity contribution < 1.29 is 9.59 Å². The molecule has 1 aliphatic carbocycles. The Morgan fingerprint density at radius 2 is 1.80 bits per heavy atom. The SMILES string of the molecule is CC(C)(N)CSC1CC(=O)N(C2CCCCCC2)C1=O. The lowest BCUT2D eigenvalue weighted by atomic mass is 10.1. The maximum Gasteiger partial charge on any atom is 0.243 e. The van der Waals surface area contributed by atoms with E-state index >= 15 is 0 Å². The van der Waals surface area contributed by atoms with Crippen LogP contribution in [0.25, 0.3) is 0 Å². The van der Waals surface area contributed by atoms with Crippen LogP contribution in [0.1, 0.15) is 58.8 Å². The largest absolute Gasteiger partial charge is 0.325 e. The van der Waals surface area contributed by atoms with Gasteiger partial charge in [0.1, 0.15) is 0 Å². The molecule has 20 heavy (non-hydrogen) atoms. The zero-order valence-electron chi connectivity index (χ0n) is 12.6. The van der Waals surface area contributed by atoms with Gasteiger partial charge in [0.15, 0.2) is 0 Å². The standard InChI is InChI=1S/C15H26N2O2S/c1-15(2,16)10-20-12-9-13(18)17(14(12)19)11-7-5-3-4-6-8-11/h11-12H,3-10,16H2,1-2H3. The summed E-state index contributed by atoms with van der Waals surface area (Å²) in [6.07, 6.45) is 7.05. The van der Waals surface area contributed by atoms with Crippen LogP contribution in [0.2, 0.25) is 0 Å². The van der Waals surface area contributed by atoms with Gasteiger partial charge in [0.05, 0.1) is 5.25 Å². The number of nitrogens with zero attached hydrogens (tertiary/aromatic N) is 1. The van der Waals surface area contributed by atoms with Crippen LogP contribution >= 0.6 is 11.8 Å². The third-order valence-electron chi connectivity index (χ3n) is 3.99. The highest BCUT2D eigenvalue weighted by Gasteiger charge is 2.42. The lowest BCUT2D eigenvalue weighted by molar-refractivity contribution is -0.141. The van der Waals surface area contributed by atoms with E-state index in [0.717, 1.165) is 25.7 Å². The van der Waals surface area contributed by atoms with Gasteiger partial charge in [0, 0.05) is 23.8 Å². The summed E-state index contributed by atoms with van der Waals surface area (Å²) in [4.78, 5) is 26.3. The molecule has 1 saturated heterocycles. The lowest BCUT2D eigenvalue weighted by Gasteiger charge is -2.25. The third kappa shape index (κ3) is 3.98. The van der Waals surface area contributed by atoms with Gasteiger partial charge in [-0.25, -0.2) is 0 Å². The fourth-order valence-electron chi connectivity index (χ4n) is 2.97. The normalized spacial score (nSPS) is 26.1.